The van der Waals surface area contributed by atoms with Crippen molar-refractivity contribution in [2.75, 3.05) is 0 Å². The van der Waals surface area contributed by atoms with Crippen molar-refractivity contribution < 1.29 is 4.79 Å². The number of amides is 2. The highest BCUT2D eigenvalue weighted by Gasteiger charge is 2.05. The fourth-order valence-corrected chi connectivity index (χ4v) is 0.533. The summed E-state index contributed by atoms with van der Waals surface area (Å²) < 4.78 is 0. The Hall–Kier alpha value is -1.24. The predicted molar refractivity (Wildman–Crippen MR) is 41.9 cm³/mol. The molecule has 2 amide bonds. The second-order valence-corrected chi connectivity index (χ2v) is 2.62. The van der Waals surface area contributed by atoms with Crippen molar-refractivity contribution in [2.45, 2.75) is 32.9 Å². The Morgan fingerprint density at radius 3 is 2.27 bits per heavy atom. The Bertz CT molecular complexity index is 171. The normalized spacial score (nSPS) is 11.9. The van der Waals surface area contributed by atoms with Gasteiger partial charge in [0.05, 0.1) is 6.07 Å². The first kappa shape index (κ1) is 9.76. The molecular weight excluding hydrogens is 142 g/mol. The standard InChI is InChI=1S/C7H13N3O/c1-5(2)9-7(11)10-6(3)4-8/h5-6H,1-3H3,(H2,9,10,11). The van der Waals surface area contributed by atoms with Crippen molar-refractivity contribution in [3.05, 3.63) is 0 Å². The summed E-state index contributed by atoms with van der Waals surface area (Å²) in [7, 11) is 0. The van der Waals surface area contributed by atoms with Gasteiger partial charge in [0, 0.05) is 6.04 Å². The lowest BCUT2D eigenvalue weighted by molar-refractivity contribution is 0.237. The third-order valence-corrected chi connectivity index (χ3v) is 0.961. The van der Waals surface area contributed by atoms with Crippen molar-refractivity contribution in [1.82, 2.24) is 10.6 Å². The van der Waals surface area contributed by atoms with E-state index in [1.807, 2.05) is 19.9 Å². The highest BCUT2D eigenvalue weighted by molar-refractivity contribution is 5.74. The van der Waals surface area contributed by atoms with Gasteiger partial charge in [0.15, 0.2) is 0 Å². The Kier molecular flexibility index (Phi) is 4.04. The highest BCUT2D eigenvalue weighted by Crippen LogP contribution is 1.79. The van der Waals surface area contributed by atoms with Crippen LogP contribution in [0.4, 0.5) is 4.79 Å². The fourth-order valence-electron chi connectivity index (χ4n) is 0.533. The molecule has 11 heavy (non-hydrogen) atoms. The minimum absolute atomic E-state index is 0.0980. The molecule has 0 heterocycles. The van der Waals surface area contributed by atoms with Gasteiger partial charge in [-0.15, -0.1) is 0 Å². The van der Waals surface area contributed by atoms with Crippen molar-refractivity contribution in [3.63, 3.8) is 0 Å². The van der Waals surface area contributed by atoms with Crippen LogP contribution in [0.2, 0.25) is 0 Å². The molecule has 0 aromatic rings. The van der Waals surface area contributed by atoms with Gasteiger partial charge >= 0.3 is 6.03 Å². The van der Waals surface area contributed by atoms with Gasteiger partial charge in [0.2, 0.25) is 0 Å². The van der Waals surface area contributed by atoms with Gasteiger partial charge in [-0.25, -0.2) is 4.79 Å². The van der Waals surface area contributed by atoms with Crippen LogP contribution < -0.4 is 10.6 Å². The Labute approximate surface area is 66.6 Å². The van der Waals surface area contributed by atoms with Gasteiger partial charge < -0.3 is 10.6 Å². The van der Waals surface area contributed by atoms with E-state index in [9.17, 15) is 4.79 Å². The zero-order valence-corrected chi connectivity index (χ0v) is 7.01. The van der Waals surface area contributed by atoms with Gasteiger partial charge in [-0.05, 0) is 20.8 Å². The van der Waals surface area contributed by atoms with Crippen LogP contribution >= 0.6 is 0 Å². The maximum absolute atomic E-state index is 10.8. The minimum Gasteiger partial charge on any atom is -0.336 e. The van der Waals surface area contributed by atoms with Gasteiger partial charge in [-0.2, -0.15) is 5.26 Å². The van der Waals surface area contributed by atoms with E-state index in [1.54, 1.807) is 6.92 Å². The Morgan fingerprint density at radius 2 is 1.91 bits per heavy atom. The van der Waals surface area contributed by atoms with Crippen LogP contribution in [-0.4, -0.2) is 18.1 Å². The van der Waals surface area contributed by atoms with E-state index in [0.29, 0.717) is 0 Å². The van der Waals surface area contributed by atoms with E-state index in [-0.39, 0.29) is 12.1 Å². The van der Waals surface area contributed by atoms with Crippen LogP contribution in [-0.2, 0) is 0 Å². The molecule has 0 aromatic heterocycles. The molecule has 4 nitrogen and oxygen atoms in total. The molecule has 1 unspecified atom stereocenters. The first-order chi connectivity index (χ1) is 5.06. The van der Waals surface area contributed by atoms with Crippen LogP contribution in [0.3, 0.4) is 0 Å². The second-order valence-electron chi connectivity index (χ2n) is 2.62. The van der Waals surface area contributed by atoms with Gasteiger partial charge in [-0.3, -0.25) is 0 Å². The zero-order chi connectivity index (χ0) is 8.85. The summed E-state index contributed by atoms with van der Waals surface area (Å²) in [6, 6.07) is 1.26. The van der Waals surface area contributed by atoms with E-state index in [4.69, 9.17) is 5.26 Å². The van der Waals surface area contributed by atoms with Gasteiger partial charge in [-0.1, -0.05) is 0 Å². The molecule has 0 saturated carbocycles. The Morgan fingerprint density at radius 1 is 1.36 bits per heavy atom. The highest BCUT2D eigenvalue weighted by atomic mass is 16.2. The summed E-state index contributed by atoms with van der Waals surface area (Å²) in [4.78, 5) is 10.8. The maximum Gasteiger partial charge on any atom is 0.316 e. The third kappa shape index (κ3) is 5.22. The molecule has 2 N–H and O–H groups in total. The minimum atomic E-state index is -0.436. The Balaban J connectivity index is 3.63. The summed E-state index contributed by atoms with van der Waals surface area (Å²) in [5.74, 6) is 0. The summed E-state index contributed by atoms with van der Waals surface area (Å²) in [6.45, 7) is 5.34. The first-order valence-corrected chi connectivity index (χ1v) is 3.53. The van der Waals surface area contributed by atoms with E-state index >= 15 is 0 Å². The molecular formula is C7H13N3O. The van der Waals surface area contributed by atoms with Gasteiger partial charge in [0.1, 0.15) is 6.04 Å². The molecule has 0 radical (unpaired) electrons. The summed E-state index contributed by atoms with van der Waals surface area (Å²) in [6.07, 6.45) is 0. The molecule has 0 aliphatic rings. The van der Waals surface area contributed by atoms with Crippen molar-refractivity contribution in [2.24, 2.45) is 0 Å². The van der Waals surface area contributed by atoms with Crippen molar-refractivity contribution in [1.29, 1.82) is 5.26 Å². The molecule has 0 rings (SSSR count). The van der Waals surface area contributed by atoms with E-state index in [0.717, 1.165) is 0 Å². The van der Waals surface area contributed by atoms with E-state index in [1.165, 1.54) is 0 Å². The van der Waals surface area contributed by atoms with Gasteiger partial charge in [0.25, 0.3) is 0 Å². The maximum atomic E-state index is 10.8. The number of nitriles is 1. The largest absolute Gasteiger partial charge is 0.336 e. The number of carbonyl (C=O) groups is 1. The number of nitrogens with one attached hydrogen (secondary N) is 2. The first-order valence-electron chi connectivity index (χ1n) is 3.53. The molecule has 0 fully saturated rings. The molecule has 0 aliphatic heterocycles. The smallest absolute Gasteiger partial charge is 0.316 e. The molecule has 0 spiro atoms. The number of rotatable bonds is 2. The number of hydrogen-bond donors (Lipinski definition) is 2. The summed E-state index contributed by atoms with van der Waals surface area (Å²) in [5.41, 5.74) is 0. The quantitative estimate of drug-likeness (QED) is 0.613. The lowest BCUT2D eigenvalue weighted by Gasteiger charge is -2.10. The van der Waals surface area contributed by atoms with Crippen LogP contribution in [0, 0.1) is 11.3 Å². The molecule has 4 heteroatoms. The summed E-state index contributed by atoms with van der Waals surface area (Å²) in [5, 5.41) is 13.4. The molecule has 0 aliphatic carbocycles. The number of nitrogens with zero attached hydrogens (tertiary/aromatic N) is 1. The lowest BCUT2D eigenvalue weighted by atomic mass is 10.4. The summed E-state index contributed by atoms with van der Waals surface area (Å²) >= 11 is 0. The molecule has 0 saturated heterocycles. The van der Waals surface area contributed by atoms with Crippen molar-refractivity contribution in [3.8, 4) is 6.07 Å². The number of hydrogen-bond acceptors (Lipinski definition) is 2. The topological polar surface area (TPSA) is 64.9 Å². The predicted octanol–water partition coefficient (Wildman–Crippen LogP) is 0.606. The zero-order valence-electron chi connectivity index (χ0n) is 7.01. The molecule has 0 bridgehead atoms. The molecule has 0 aromatic carbocycles. The number of urea groups is 1. The van der Waals surface area contributed by atoms with Crippen molar-refractivity contribution >= 4 is 6.03 Å². The monoisotopic (exact) mass is 155 g/mol. The van der Waals surface area contributed by atoms with Crippen LogP contribution in [0.1, 0.15) is 20.8 Å². The molecule has 1 atom stereocenters. The average molecular weight is 155 g/mol. The molecule has 62 valence electrons. The van der Waals surface area contributed by atoms with Crippen LogP contribution in [0.15, 0.2) is 0 Å². The average Bonchev–Trinajstić information content (AvgIpc) is 1.85. The number of carbonyl (C=O) groups excluding carboxylic acids is 1. The second kappa shape index (κ2) is 4.56. The third-order valence-electron chi connectivity index (χ3n) is 0.961. The lowest BCUT2D eigenvalue weighted by Crippen LogP contribution is -2.43. The van der Waals surface area contributed by atoms with E-state index in [2.05, 4.69) is 10.6 Å². The van der Waals surface area contributed by atoms with Crippen LogP contribution in [0.5, 0.6) is 0 Å². The fraction of sp³-hybridized carbons (Fsp3) is 0.714. The van der Waals surface area contributed by atoms with E-state index < -0.39 is 6.04 Å². The SMILES string of the molecule is CC(C)NC(=O)NC(C)C#N. The van der Waals surface area contributed by atoms with Crippen LogP contribution in [0.25, 0.3) is 0 Å².